The van der Waals surface area contributed by atoms with Crippen molar-refractivity contribution >= 4 is 18.3 Å². The summed E-state index contributed by atoms with van der Waals surface area (Å²) in [5.41, 5.74) is 10.2. The lowest BCUT2D eigenvalue weighted by atomic mass is 10.0. The number of likely N-dealkylation sites (tertiary alicyclic amines) is 1. The number of carbonyl (C=O) groups excluding carboxylic acids is 1. The van der Waals surface area contributed by atoms with Crippen LogP contribution in [0.5, 0.6) is 0 Å². The zero-order valence-electron chi connectivity index (χ0n) is 15.2. The molecule has 2 heterocycles. The number of hydrogen-bond donors (Lipinski definition) is 1. The first-order valence-electron chi connectivity index (χ1n) is 8.77. The van der Waals surface area contributed by atoms with Crippen LogP contribution in [0.3, 0.4) is 0 Å². The van der Waals surface area contributed by atoms with Crippen LogP contribution in [0.15, 0.2) is 36.4 Å². The monoisotopic (exact) mass is 361 g/mol. The van der Waals surface area contributed by atoms with Crippen molar-refractivity contribution in [3.8, 4) is 0 Å². The maximum Gasteiger partial charge on any atom is 0.255 e. The lowest BCUT2D eigenvalue weighted by molar-refractivity contribution is 0.0714. The highest BCUT2D eigenvalue weighted by molar-refractivity contribution is 5.95. The number of carbonyl (C=O) groups is 1. The van der Waals surface area contributed by atoms with Gasteiger partial charge in [-0.2, -0.15) is 0 Å². The van der Waals surface area contributed by atoms with Crippen molar-refractivity contribution in [3.05, 3.63) is 58.9 Å². The summed E-state index contributed by atoms with van der Waals surface area (Å²) in [4.78, 5) is 14.9. The molecule has 1 unspecified atom stereocenters. The molecule has 1 aliphatic heterocycles. The van der Waals surface area contributed by atoms with Crippen molar-refractivity contribution in [2.45, 2.75) is 45.7 Å². The quantitative estimate of drug-likeness (QED) is 0.906. The second-order valence-corrected chi connectivity index (χ2v) is 6.87. The average Bonchev–Trinajstić information content (AvgIpc) is 2.89. The number of nitrogens with zero attached hydrogens (tertiary/aromatic N) is 2. The highest BCUT2D eigenvalue weighted by atomic mass is 35.5. The molecule has 25 heavy (non-hydrogen) atoms. The number of nitrogens with two attached hydrogens (primary N) is 1. The van der Waals surface area contributed by atoms with Crippen LogP contribution in [0.2, 0.25) is 0 Å². The smallest absolute Gasteiger partial charge is 0.255 e. The predicted octanol–water partition coefficient (Wildman–Crippen LogP) is 3.70. The maximum absolute atomic E-state index is 12.9. The molecule has 3 rings (SSSR count). The van der Waals surface area contributed by atoms with Gasteiger partial charge in [-0.1, -0.05) is 30.3 Å². The van der Waals surface area contributed by atoms with Gasteiger partial charge in [0.25, 0.3) is 5.91 Å². The van der Waals surface area contributed by atoms with E-state index in [4.69, 9.17) is 5.73 Å². The van der Waals surface area contributed by atoms with Crippen molar-refractivity contribution in [1.29, 1.82) is 0 Å². The minimum Gasteiger partial charge on any atom is -0.341 e. The molecular weight excluding hydrogens is 334 g/mol. The van der Waals surface area contributed by atoms with Gasteiger partial charge in [0.05, 0.1) is 11.6 Å². The van der Waals surface area contributed by atoms with Crippen LogP contribution in [0.25, 0.3) is 0 Å². The number of rotatable bonds is 3. The largest absolute Gasteiger partial charge is 0.341 e. The fourth-order valence-electron chi connectivity index (χ4n) is 3.74. The molecule has 1 amide bonds. The van der Waals surface area contributed by atoms with Crippen molar-refractivity contribution in [2.24, 2.45) is 5.73 Å². The Morgan fingerprint density at radius 1 is 1.16 bits per heavy atom. The molecule has 1 saturated heterocycles. The van der Waals surface area contributed by atoms with E-state index in [0.29, 0.717) is 0 Å². The Kier molecular flexibility index (Phi) is 6.31. The van der Waals surface area contributed by atoms with E-state index in [1.807, 2.05) is 17.0 Å². The molecule has 4 nitrogen and oxygen atoms in total. The Morgan fingerprint density at radius 2 is 1.76 bits per heavy atom. The Bertz CT molecular complexity index is 718. The summed E-state index contributed by atoms with van der Waals surface area (Å²) in [6.45, 7) is 7.84. The highest BCUT2D eigenvalue weighted by Gasteiger charge is 2.26. The van der Waals surface area contributed by atoms with Gasteiger partial charge in [0.15, 0.2) is 0 Å². The molecule has 2 N–H and O–H groups in total. The molecule has 1 fully saturated rings. The summed E-state index contributed by atoms with van der Waals surface area (Å²) >= 11 is 0. The molecule has 1 aromatic heterocycles. The predicted molar refractivity (Wildman–Crippen MR) is 105 cm³/mol. The van der Waals surface area contributed by atoms with E-state index in [9.17, 15) is 4.79 Å². The van der Waals surface area contributed by atoms with Crippen LogP contribution in [0.1, 0.15) is 53.1 Å². The Balaban J connectivity index is 0.00000225. The summed E-state index contributed by atoms with van der Waals surface area (Å²) in [7, 11) is 0. The topological polar surface area (TPSA) is 51.3 Å². The lowest BCUT2D eigenvalue weighted by Crippen LogP contribution is -2.43. The molecule has 5 heteroatoms. The zero-order chi connectivity index (χ0) is 17.3. The summed E-state index contributed by atoms with van der Waals surface area (Å²) in [5.74, 6) is 0.140. The molecule has 1 aromatic carbocycles. The molecule has 1 aliphatic rings. The van der Waals surface area contributed by atoms with Gasteiger partial charge in [-0.3, -0.25) is 4.79 Å². The standard InChI is InChI=1S/C20H27N3O.ClH/c1-14-13-19(20(24)22-11-9-18(21)10-12-22)16(3)23(14)15(2)17-7-5-4-6-8-17;/h4-8,13,15,18H,9-12,21H2,1-3H3;1H. The molecule has 0 bridgehead atoms. The maximum atomic E-state index is 12.9. The molecule has 0 spiro atoms. The van der Waals surface area contributed by atoms with Gasteiger partial charge in [0.1, 0.15) is 0 Å². The van der Waals surface area contributed by atoms with Crippen LogP contribution in [0.4, 0.5) is 0 Å². The van der Waals surface area contributed by atoms with Crippen LogP contribution >= 0.6 is 12.4 Å². The minimum absolute atomic E-state index is 0. The van der Waals surface area contributed by atoms with Gasteiger partial charge >= 0.3 is 0 Å². The fraction of sp³-hybridized carbons (Fsp3) is 0.450. The van der Waals surface area contributed by atoms with E-state index in [0.717, 1.165) is 42.9 Å². The number of hydrogen-bond acceptors (Lipinski definition) is 2. The third-order valence-electron chi connectivity index (χ3n) is 5.21. The molecule has 0 aliphatic carbocycles. The Labute approximate surface area is 156 Å². The van der Waals surface area contributed by atoms with Crippen molar-refractivity contribution in [2.75, 3.05) is 13.1 Å². The zero-order valence-corrected chi connectivity index (χ0v) is 16.1. The normalized spacial score (nSPS) is 16.4. The van der Waals surface area contributed by atoms with Gasteiger partial charge < -0.3 is 15.2 Å². The molecule has 0 saturated carbocycles. The molecule has 136 valence electrons. The number of aromatic nitrogens is 1. The molecule has 2 aromatic rings. The second kappa shape index (κ2) is 8.07. The lowest BCUT2D eigenvalue weighted by Gasteiger charge is -2.30. The third kappa shape index (κ3) is 3.91. The molecule has 0 radical (unpaired) electrons. The van der Waals surface area contributed by atoms with E-state index in [1.165, 1.54) is 5.56 Å². The van der Waals surface area contributed by atoms with Crippen LogP contribution in [0, 0.1) is 13.8 Å². The van der Waals surface area contributed by atoms with Crippen LogP contribution < -0.4 is 5.73 Å². The first kappa shape index (κ1) is 19.5. The van der Waals surface area contributed by atoms with Gasteiger partial charge in [-0.05, 0) is 45.2 Å². The summed E-state index contributed by atoms with van der Waals surface area (Å²) in [6.07, 6.45) is 1.79. The Morgan fingerprint density at radius 3 is 2.36 bits per heavy atom. The fourth-order valence-corrected chi connectivity index (χ4v) is 3.74. The van der Waals surface area contributed by atoms with E-state index >= 15 is 0 Å². The molecule has 1 atom stereocenters. The first-order valence-corrected chi connectivity index (χ1v) is 8.77. The summed E-state index contributed by atoms with van der Waals surface area (Å²) in [5, 5.41) is 0. The number of benzene rings is 1. The van der Waals surface area contributed by atoms with Crippen LogP contribution in [-0.2, 0) is 0 Å². The van der Waals surface area contributed by atoms with Crippen molar-refractivity contribution in [1.82, 2.24) is 9.47 Å². The van der Waals surface area contributed by atoms with E-state index in [-0.39, 0.29) is 30.4 Å². The molecular formula is C20H28ClN3O. The number of aryl methyl sites for hydroxylation is 1. The Hall–Kier alpha value is -1.78. The van der Waals surface area contributed by atoms with Crippen molar-refractivity contribution < 1.29 is 4.79 Å². The average molecular weight is 362 g/mol. The number of piperidine rings is 1. The van der Waals surface area contributed by atoms with Gasteiger partial charge in [0, 0.05) is 30.5 Å². The number of amides is 1. The van der Waals surface area contributed by atoms with Gasteiger partial charge in [-0.25, -0.2) is 0 Å². The highest BCUT2D eigenvalue weighted by Crippen LogP contribution is 2.26. The first-order chi connectivity index (χ1) is 11.5. The second-order valence-electron chi connectivity index (χ2n) is 6.87. The van der Waals surface area contributed by atoms with Gasteiger partial charge in [0.2, 0.25) is 0 Å². The summed E-state index contributed by atoms with van der Waals surface area (Å²) < 4.78 is 2.26. The SMILES string of the molecule is Cc1cc(C(=O)N2CCC(N)CC2)c(C)n1C(C)c1ccccc1.Cl. The van der Waals surface area contributed by atoms with E-state index in [1.54, 1.807) is 0 Å². The van der Waals surface area contributed by atoms with E-state index < -0.39 is 0 Å². The van der Waals surface area contributed by atoms with Crippen molar-refractivity contribution in [3.63, 3.8) is 0 Å². The summed E-state index contributed by atoms with van der Waals surface area (Å²) in [6, 6.07) is 12.9. The number of halogens is 1. The van der Waals surface area contributed by atoms with Gasteiger partial charge in [-0.15, -0.1) is 12.4 Å². The van der Waals surface area contributed by atoms with Crippen LogP contribution in [-0.4, -0.2) is 34.5 Å². The third-order valence-corrected chi connectivity index (χ3v) is 5.21. The van der Waals surface area contributed by atoms with E-state index in [2.05, 4.69) is 49.6 Å². The minimum atomic E-state index is 0.